The van der Waals surface area contributed by atoms with E-state index >= 15 is 0 Å². The first kappa shape index (κ1) is 12.9. The van der Waals surface area contributed by atoms with Crippen molar-refractivity contribution < 1.29 is 4.74 Å². The summed E-state index contributed by atoms with van der Waals surface area (Å²) in [6, 6.07) is 4.32. The number of halogens is 1. The minimum absolute atomic E-state index is 0. The zero-order valence-corrected chi connectivity index (χ0v) is 9.63. The lowest BCUT2D eigenvalue weighted by molar-refractivity contribution is 0.199. The molecule has 1 aromatic rings. The summed E-state index contributed by atoms with van der Waals surface area (Å²) >= 11 is 1.84. The third-order valence-electron chi connectivity index (χ3n) is 1.58. The summed E-state index contributed by atoms with van der Waals surface area (Å²) in [5.41, 5.74) is 0. The van der Waals surface area contributed by atoms with Crippen LogP contribution in [0.1, 0.15) is 9.75 Å². The maximum Gasteiger partial charge on any atom is 0.0587 e. The van der Waals surface area contributed by atoms with E-state index in [0.29, 0.717) is 0 Å². The number of methoxy groups -OCH3 is 1. The van der Waals surface area contributed by atoms with Crippen LogP contribution in [0.5, 0.6) is 0 Å². The Morgan fingerprint density at radius 3 is 2.77 bits per heavy atom. The maximum atomic E-state index is 4.93. The minimum atomic E-state index is 0. The molecule has 4 heteroatoms. The Hall–Kier alpha value is -0.0900. The van der Waals surface area contributed by atoms with Crippen molar-refractivity contribution in [3.8, 4) is 0 Å². The van der Waals surface area contributed by atoms with Crippen LogP contribution in [0.25, 0.3) is 0 Å². The van der Waals surface area contributed by atoms with E-state index in [0.717, 1.165) is 19.7 Å². The highest BCUT2D eigenvalue weighted by atomic mass is 35.5. The predicted molar refractivity (Wildman–Crippen MR) is 59.9 cm³/mol. The first-order valence-electron chi connectivity index (χ1n) is 4.08. The van der Waals surface area contributed by atoms with Crippen molar-refractivity contribution in [1.82, 2.24) is 5.32 Å². The highest BCUT2D eigenvalue weighted by molar-refractivity contribution is 7.11. The van der Waals surface area contributed by atoms with Gasteiger partial charge in [0.25, 0.3) is 0 Å². The fourth-order valence-electron chi connectivity index (χ4n) is 0.966. The van der Waals surface area contributed by atoms with E-state index in [1.807, 2.05) is 11.3 Å². The van der Waals surface area contributed by atoms with Crippen molar-refractivity contribution in [2.75, 3.05) is 20.3 Å². The molecule has 1 N–H and O–H groups in total. The van der Waals surface area contributed by atoms with Gasteiger partial charge in [-0.25, -0.2) is 0 Å². The van der Waals surface area contributed by atoms with E-state index in [9.17, 15) is 0 Å². The van der Waals surface area contributed by atoms with Gasteiger partial charge in [0.15, 0.2) is 0 Å². The molecule has 1 rings (SSSR count). The Bertz CT molecular complexity index is 227. The quantitative estimate of drug-likeness (QED) is 0.770. The summed E-state index contributed by atoms with van der Waals surface area (Å²) < 4.78 is 4.93. The first-order chi connectivity index (χ1) is 5.83. The van der Waals surface area contributed by atoms with E-state index in [4.69, 9.17) is 4.74 Å². The molecule has 0 aromatic carbocycles. The van der Waals surface area contributed by atoms with Gasteiger partial charge in [-0.15, -0.1) is 23.7 Å². The molecule has 0 bridgehead atoms. The summed E-state index contributed by atoms with van der Waals surface area (Å²) in [6.07, 6.45) is 0. The Labute approximate surface area is 89.7 Å². The number of hydrogen-bond acceptors (Lipinski definition) is 3. The highest BCUT2D eigenvalue weighted by Crippen LogP contribution is 2.14. The molecule has 0 saturated carbocycles. The molecule has 0 spiro atoms. The van der Waals surface area contributed by atoms with Crippen LogP contribution in [0.4, 0.5) is 0 Å². The van der Waals surface area contributed by atoms with Crippen LogP contribution in [0, 0.1) is 6.92 Å². The molecule has 0 atom stereocenters. The van der Waals surface area contributed by atoms with Crippen LogP contribution in [0.2, 0.25) is 0 Å². The van der Waals surface area contributed by atoms with Crippen LogP contribution in [-0.2, 0) is 11.3 Å². The fraction of sp³-hybridized carbons (Fsp3) is 0.556. The molecular formula is C9H16ClNOS. The standard InChI is InChI=1S/C9H15NOS.ClH/c1-8-3-4-9(12-8)7-10-5-6-11-2;/h3-4,10H,5-7H2,1-2H3;1H. The average Bonchev–Trinajstić information content (AvgIpc) is 2.45. The summed E-state index contributed by atoms with van der Waals surface area (Å²) in [5.74, 6) is 0. The Kier molecular flexibility index (Phi) is 7.28. The second kappa shape index (κ2) is 7.33. The van der Waals surface area contributed by atoms with Gasteiger partial charge in [-0.1, -0.05) is 0 Å². The Morgan fingerprint density at radius 1 is 1.46 bits per heavy atom. The molecule has 0 aliphatic carbocycles. The lowest BCUT2D eigenvalue weighted by Crippen LogP contribution is -2.17. The summed E-state index contributed by atoms with van der Waals surface area (Å²) in [5, 5.41) is 3.30. The second-order valence-electron chi connectivity index (χ2n) is 2.68. The van der Waals surface area contributed by atoms with Gasteiger partial charge in [0.2, 0.25) is 0 Å². The van der Waals surface area contributed by atoms with Gasteiger partial charge in [0.1, 0.15) is 0 Å². The van der Waals surface area contributed by atoms with Crippen molar-refractivity contribution >= 4 is 23.7 Å². The molecule has 2 nitrogen and oxygen atoms in total. The molecule has 0 unspecified atom stereocenters. The number of thiophene rings is 1. The number of ether oxygens (including phenoxy) is 1. The van der Waals surface area contributed by atoms with Crippen molar-refractivity contribution in [3.63, 3.8) is 0 Å². The van der Waals surface area contributed by atoms with E-state index in [-0.39, 0.29) is 12.4 Å². The van der Waals surface area contributed by atoms with Crippen LogP contribution < -0.4 is 5.32 Å². The second-order valence-corrected chi connectivity index (χ2v) is 4.05. The van der Waals surface area contributed by atoms with Gasteiger partial charge in [-0.3, -0.25) is 0 Å². The lowest BCUT2D eigenvalue weighted by Gasteiger charge is -2.00. The number of aryl methyl sites for hydroxylation is 1. The first-order valence-corrected chi connectivity index (χ1v) is 4.89. The van der Waals surface area contributed by atoms with Gasteiger partial charge in [0.05, 0.1) is 6.61 Å². The largest absolute Gasteiger partial charge is 0.383 e. The van der Waals surface area contributed by atoms with Gasteiger partial charge < -0.3 is 10.1 Å². The number of hydrogen-bond donors (Lipinski definition) is 1. The Balaban J connectivity index is 0.00000144. The monoisotopic (exact) mass is 221 g/mol. The summed E-state index contributed by atoms with van der Waals surface area (Å²) in [6.45, 7) is 4.79. The van der Waals surface area contributed by atoms with Crippen LogP contribution in [0.3, 0.4) is 0 Å². The van der Waals surface area contributed by atoms with E-state index in [1.54, 1.807) is 7.11 Å². The van der Waals surface area contributed by atoms with E-state index in [2.05, 4.69) is 24.4 Å². The molecule has 0 saturated heterocycles. The van der Waals surface area contributed by atoms with E-state index < -0.39 is 0 Å². The van der Waals surface area contributed by atoms with Gasteiger partial charge >= 0.3 is 0 Å². The third-order valence-corrected chi connectivity index (χ3v) is 2.58. The molecular weight excluding hydrogens is 206 g/mol. The van der Waals surface area contributed by atoms with Gasteiger partial charge in [0, 0.05) is 30.0 Å². The zero-order chi connectivity index (χ0) is 8.81. The van der Waals surface area contributed by atoms with E-state index in [1.165, 1.54) is 9.75 Å². The third kappa shape index (κ3) is 5.26. The van der Waals surface area contributed by atoms with Crippen molar-refractivity contribution in [2.24, 2.45) is 0 Å². The maximum absolute atomic E-state index is 4.93. The van der Waals surface area contributed by atoms with Crippen molar-refractivity contribution in [2.45, 2.75) is 13.5 Å². The smallest absolute Gasteiger partial charge is 0.0587 e. The number of nitrogens with one attached hydrogen (secondary N) is 1. The van der Waals surface area contributed by atoms with Crippen molar-refractivity contribution in [1.29, 1.82) is 0 Å². The lowest BCUT2D eigenvalue weighted by atomic mass is 10.4. The minimum Gasteiger partial charge on any atom is -0.383 e. The summed E-state index contributed by atoms with van der Waals surface area (Å²) in [7, 11) is 1.72. The fourth-order valence-corrected chi connectivity index (χ4v) is 1.83. The molecule has 1 heterocycles. The SMILES string of the molecule is COCCNCc1ccc(C)s1.Cl. The van der Waals surface area contributed by atoms with Crippen LogP contribution in [-0.4, -0.2) is 20.3 Å². The molecule has 1 aromatic heterocycles. The van der Waals surface area contributed by atoms with Crippen LogP contribution in [0.15, 0.2) is 12.1 Å². The molecule has 0 aliphatic rings. The average molecular weight is 222 g/mol. The highest BCUT2D eigenvalue weighted by Gasteiger charge is 1.94. The Morgan fingerprint density at radius 2 is 2.23 bits per heavy atom. The predicted octanol–water partition coefficient (Wildman–Crippen LogP) is 2.21. The zero-order valence-electron chi connectivity index (χ0n) is 8.00. The molecule has 0 fully saturated rings. The van der Waals surface area contributed by atoms with Crippen molar-refractivity contribution in [3.05, 3.63) is 21.9 Å². The normalized spacial score (nSPS) is 9.69. The molecule has 0 radical (unpaired) electrons. The number of rotatable bonds is 5. The molecule has 76 valence electrons. The topological polar surface area (TPSA) is 21.3 Å². The van der Waals surface area contributed by atoms with Gasteiger partial charge in [-0.05, 0) is 19.1 Å². The molecule has 0 aliphatic heterocycles. The van der Waals surface area contributed by atoms with Crippen LogP contribution >= 0.6 is 23.7 Å². The molecule has 0 amide bonds. The summed E-state index contributed by atoms with van der Waals surface area (Å²) in [4.78, 5) is 2.77. The van der Waals surface area contributed by atoms with Gasteiger partial charge in [-0.2, -0.15) is 0 Å². The molecule has 13 heavy (non-hydrogen) atoms.